The molecule has 0 aliphatic rings. The molecule has 0 atom stereocenters. The Bertz CT molecular complexity index is 682. The third kappa shape index (κ3) is 2.63. The number of nitriles is 1. The SMILES string of the molecule is Cc1cc(Br)ccc1-n1nc(NC(C)C)c(C#N)c1N. The van der Waals surface area contributed by atoms with E-state index >= 15 is 0 Å². The average Bonchev–Trinajstić information content (AvgIpc) is 2.65. The van der Waals surface area contributed by atoms with Crippen molar-refractivity contribution in [3.8, 4) is 11.8 Å². The number of nitrogens with zero attached hydrogens (tertiary/aromatic N) is 3. The monoisotopic (exact) mass is 333 g/mol. The van der Waals surface area contributed by atoms with E-state index in [-0.39, 0.29) is 6.04 Å². The minimum atomic E-state index is 0.177. The van der Waals surface area contributed by atoms with Gasteiger partial charge in [0.25, 0.3) is 0 Å². The lowest BCUT2D eigenvalue weighted by atomic mass is 10.2. The second kappa shape index (κ2) is 5.55. The zero-order valence-corrected chi connectivity index (χ0v) is 13.2. The lowest BCUT2D eigenvalue weighted by molar-refractivity contribution is 0.847. The smallest absolute Gasteiger partial charge is 0.168 e. The van der Waals surface area contributed by atoms with E-state index < -0.39 is 0 Å². The summed E-state index contributed by atoms with van der Waals surface area (Å²) in [7, 11) is 0. The summed E-state index contributed by atoms with van der Waals surface area (Å²) in [5.74, 6) is 0.864. The van der Waals surface area contributed by atoms with E-state index in [9.17, 15) is 5.26 Å². The van der Waals surface area contributed by atoms with Crippen LogP contribution in [-0.4, -0.2) is 15.8 Å². The van der Waals surface area contributed by atoms with Gasteiger partial charge in [-0.15, -0.1) is 5.10 Å². The van der Waals surface area contributed by atoms with Gasteiger partial charge in [0.2, 0.25) is 0 Å². The first kappa shape index (κ1) is 14.4. The van der Waals surface area contributed by atoms with Gasteiger partial charge in [-0.25, -0.2) is 4.68 Å². The molecule has 0 fully saturated rings. The van der Waals surface area contributed by atoms with Gasteiger partial charge in [0.15, 0.2) is 5.82 Å². The maximum Gasteiger partial charge on any atom is 0.168 e. The Kier molecular flexibility index (Phi) is 4.00. The van der Waals surface area contributed by atoms with Crippen LogP contribution in [0.2, 0.25) is 0 Å². The second-order valence-corrected chi connectivity index (χ2v) is 5.78. The standard InChI is InChI=1S/C14H16BrN5/c1-8(2)18-14-11(7-16)13(17)20(19-14)12-5-4-10(15)6-9(12)3/h4-6,8H,17H2,1-3H3,(H,18,19). The van der Waals surface area contributed by atoms with Crippen LogP contribution in [0.15, 0.2) is 22.7 Å². The molecule has 0 amide bonds. The summed E-state index contributed by atoms with van der Waals surface area (Å²) < 4.78 is 2.59. The van der Waals surface area contributed by atoms with Crippen LogP contribution in [0.1, 0.15) is 25.0 Å². The van der Waals surface area contributed by atoms with Crippen LogP contribution in [0.3, 0.4) is 0 Å². The highest BCUT2D eigenvalue weighted by Gasteiger charge is 2.18. The first-order chi connectivity index (χ1) is 9.43. The van der Waals surface area contributed by atoms with Crippen LogP contribution < -0.4 is 11.1 Å². The molecule has 0 aliphatic carbocycles. The topological polar surface area (TPSA) is 79.7 Å². The molecule has 0 saturated heterocycles. The van der Waals surface area contributed by atoms with Gasteiger partial charge in [-0.2, -0.15) is 5.26 Å². The van der Waals surface area contributed by atoms with E-state index in [0.29, 0.717) is 17.2 Å². The fraction of sp³-hybridized carbons (Fsp3) is 0.286. The highest BCUT2D eigenvalue weighted by atomic mass is 79.9. The molecule has 6 heteroatoms. The Morgan fingerprint density at radius 3 is 2.70 bits per heavy atom. The average molecular weight is 334 g/mol. The van der Waals surface area contributed by atoms with Crippen molar-refractivity contribution in [2.45, 2.75) is 26.8 Å². The zero-order chi connectivity index (χ0) is 14.9. The van der Waals surface area contributed by atoms with Crippen molar-refractivity contribution in [2.75, 3.05) is 11.1 Å². The summed E-state index contributed by atoms with van der Waals surface area (Å²) in [6.45, 7) is 5.95. The van der Waals surface area contributed by atoms with Crippen LogP contribution in [0.5, 0.6) is 0 Å². The Balaban J connectivity index is 2.58. The quantitative estimate of drug-likeness (QED) is 0.903. The molecule has 20 heavy (non-hydrogen) atoms. The number of halogens is 1. The molecule has 1 aromatic carbocycles. The number of anilines is 2. The predicted molar refractivity (Wildman–Crippen MR) is 83.9 cm³/mol. The lowest BCUT2D eigenvalue weighted by Gasteiger charge is -2.08. The van der Waals surface area contributed by atoms with Gasteiger partial charge >= 0.3 is 0 Å². The van der Waals surface area contributed by atoms with Gasteiger partial charge in [0.1, 0.15) is 17.5 Å². The van der Waals surface area contributed by atoms with Crippen LogP contribution in [0, 0.1) is 18.3 Å². The Hall–Kier alpha value is -2.00. The number of aromatic nitrogens is 2. The third-order valence-electron chi connectivity index (χ3n) is 2.85. The highest BCUT2D eigenvalue weighted by Crippen LogP contribution is 2.27. The fourth-order valence-electron chi connectivity index (χ4n) is 1.96. The maximum absolute atomic E-state index is 9.25. The van der Waals surface area contributed by atoms with Crippen molar-refractivity contribution >= 4 is 27.6 Å². The summed E-state index contributed by atoms with van der Waals surface area (Å²) >= 11 is 3.43. The Morgan fingerprint density at radius 1 is 1.45 bits per heavy atom. The highest BCUT2D eigenvalue weighted by molar-refractivity contribution is 9.10. The van der Waals surface area contributed by atoms with E-state index in [0.717, 1.165) is 15.7 Å². The Morgan fingerprint density at radius 2 is 2.15 bits per heavy atom. The molecule has 0 bridgehead atoms. The van der Waals surface area contributed by atoms with Gasteiger partial charge < -0.3 is 11.1 Å². The number of nitrogen functional groups attached to an aromatic ring is 1. The van der Waals surface area contributed by atoms with Crippen molar-refractivity contribution in [3.63, 3.8) is 0 Å². The van der Waals surface area contributed by atoms with Gasteiger partial charge in [-0.3, -0.25) is 0 Å². The normalized spacial score (nSPS) is 10.6. The molecular formula is C14H16BrN5. The van der Waals surface area contributed by atoms with E-state index in [1.807, 2.05) is 39.0 Å². The minimum Gasteiger partial charge on any atom is -0.382 e. The summed E-state index contributed by atoms with van der Waals surface area (Å²) in [5, 5.41) is 16.8. The largest absolute Gasteiger partial charge is 0.382 e. The number of rotatable bonds is 3. The van der Waals surface area contributed by atoms with Gasteiger partial charge in [0.05, 0.1) is 5.69 Å². The summed E-state index contributed by atoms with van der Waals surface area (Å²) in [4.78, 5) is 0. The number of nitrogens with one attached hydrogen (secondary N) is 1. The van der Waals surface area contributed by atoms with Crippen molar-refractivity contribution in [1.29, 1.82) is 5.26 Å². The molecule has 0 unspecified atom stereocenters. The molecule has 104 valence electrons. The number of nitrogens with two attached hydrogens (primary N) is 1. The van der Waals surface area contributed by atoms with E-state index in [2.05, 4.69) is 32.4 Å². The second-order valence-electron chi connectivity index (χ2n) is 4.86. The molecule has 3 N–H and O–H groups in total. The van der Waals surface area contributed by atoms with Gasteiger partial charge in [-0.1, -0.05) is 15.9 Å². The molecule has 0 saturated carbocycles. The fourth-order valence-corrected chi connectivity index (χ4v) is 2.43. The molecule has 0 aliphatic heterocycles. The minimum absolute atomic E-state index is 0.177. The van der Waals surface area contributed by atoms with E-state index in [1.54, 1.807) is 4.68 Å². The van der Waals surface area contributed by atoms with Gasteiger partial charge in [0, 0.05) is 10.5 Å². The maximum atomic E-state index is 9.25. The third-order valence-corrected chi connectivity index (χ3v) is 3.34. The van der Waals surface area contributed by atoms with Crippen molar-refractivity contribution in [3.05, 3.63) is 33.8 Å². The first-order valence-corrected chi connectivity index (χ1v) is 7.05. The van der Waals surface area contributed by atoms with Crippen molar-refractivity contribution < 1.29 is 0 Å². The van der Waals surface area contributed by atoms with E-state index in [4.69, 9.17) is 5.73 Å². The molecular weight excluding hydrogens is 318 g/mol. The summed E-state index contributed by atoms with van der Waals surface area (Å²) in [5.41, 5.74) is 8.31. The molecule has 5 nitrogen and oxygen atoms in total. The van der Waals surface area contributed by atoms with Crippen LogP contribution in [0.25, 0.3) is 5.69 Å². The van der Waals surface area contributed by atoms with Crippen molar-refractivity contribution in [1.82, 2.24) is 9.78 Å². The summed E-state index contributed by atoms with van der Waals surface area (Å²) in [6, 6.07) is 8.11. The molecule has 0 spiro atoms. The molecule has 2 aromatic rings. The van der Waals surface area contributed by atoms with Gasteiger partial charge in [-0.05, 0) is 44.5 Å². The lowest BCUT2D eigenvalue weighted by Crippen LogP contribution is -2.11. The van der Waals surface area contributed by atoms with Crippen LogP contribution in [0.4, 0.5) is 11.6 Å². The molecule has 1 aromatic heterocycles. The van der Waals surface area contributed by atoms with Crippen molar-refractivity contribution in [2.24, 2.45) is 0 Å². The number of benzene rings is 1. The van der Waals surface area contributed by atoms with E-state index in [1.165, 1.54) is 0 Å². The first-order valence-electron chi connectivity index (χ1n) is 6.25. The molecule has 1 heterocycles. The van der Waals surface area contributed by atoms with Crippen LogP contribution >= 0.6 is 15.9 Å². The Labute approximate surface area is 126 Å². The zero-order valence-electron chi connectivity index (χ0n) is 11.6. The molecule has 2 rings (SSSR count). The number of aryl methyl sites for hydroxylation is 1. The predicted octanol–water partition coefficient (Wildman–Crippen LogP) is 3.22. The number of hydrogen-bond acceptors (Lipinski definition) is 4. The van der Waals surface area contributed by atoms with Crippen LogP contribution in [-0.2, 0) is 0 Å². The molecule has 0 radical (unpaired) electrons. The number of hydrogen-bond donors (Lipinski definition) is 2. The summed E-state index contributed by atoms with van der Waals surface area (Å²) in [6.07, 6.45) is 0.